The quantitative estimate of drug-likeness (QED) is 0.515. The zero-order valence-corrected chi connectivity index (χ0v) is 17.3. The monoisotopic (exact) mass is 411 g/mol. The molecule has 31 heavy (non-hydrogen) atoms. The molecule has 2 aromatic heterocycles. The summed E-state index contributed by atoms with van der Waals surface area (Å²) in [6.07, 6.45) is 3.15. The van der Waals surface area contributed by atoms with E-state index < -0.39 is 0 Å². The van der Waals surface area contributed by atoms with Crippen LogP contribution in [0.3, 0.4) is 0 Å². The normalized spacial score (nSPS) is 13.9. The van der Waals surface area contributed by atoms with Gasteiger partial charge in [0.1, 0.15) is 17.5 Å². The Hall–Kier alpha value is -4.05. The van der Waals surface area contributed by atoms with Gasteiger partial charge >= 0.3 is 0 Å². The van der Waals surface area contributed by atoms with Crippen LogP contribution in [0.1, 0.15) is 17.3 Å². The molecule has 0 atom stereocenters. The van der Waals surface area contributed by atoms with Gasteiger partial charge in [0, 0.05) is 29.4 Å². The highest BCUT2D eigenvalue weighted by Gasteiger charge is 2.33. The van der Waals surface area contributed by atoms with E-state index in [1.165, 1.54) is 6.08 Å². The second-order valence-electron chi connectivity index (χ2n) is 7.78. The number of rotatable bonds is 4. The topological polar surface area (TPSA) is 86.9 Å². The molecular weight excluding hydrogens is 390 g/mol. The van der Waals surface area contributed by atoms with E-state index in [4.69, 9.17) is 4.74 Å². The molecule has 2 aromatic carbocycles. The van der Waals surface area contributed by atoms with Gasteiger partial charge in [-0.1, -0.05) is 12.6 Å². The number of aromatic amines is 1. The summed E-state index contributed by atoms with van der Waals surface area (Å²) in [7, 11) is 1.65. The number of nitrogens with one attached hydrogen (secondary N) is 1. The van der Waals surface area contributed by atoms with Crippen molar-refractivity contribution in [3.8, 4) is 22.9 Å². The number of aryl methyl sites for hydroxylation is 1. The summed E-state index contributed by atoms with van der Waals surface area (Å²) < 4.78 is 7.90. The van der Waals surface area contributed by atoms with Crippen LogP contribution in [0.15, 0.2) is 49.2 Å². The number of benzene rings is 2. The van der Waals surface area contributed by atoms with Gasteiger partial charge in [0.2, 0.25) is 5.91 Å². The molecule has 0 aliphatic carbocycles. The maximum atomic E-state index is 11.9. The number of nitriles is 1. The van der Waals surface area contributed by atoms with Crippen LogP contribution >= 0.6 is 0 Å². The Labute approximate surface area is 179 Å². The Morgan fingerprint density at radius 1 is 1.32 bits per heavy atom. The fraction of sp³-hybridized carbons (Fsp3) is 0.208. The third-order valence-electron chi connectivity index (χ3n) is 6.11. The summed E-state index contributed by atoms with van der Waals surface area (Å²) in [5.41, 5.74) is 5.56. The largest absolute Gasteiger partial charge is 0.495 e. The average molecular weight is 411 g/mol. The molecule has 5 rings (SSSR count). The van der Waals surface area contributed by atoms with Crippen molar-refractivity contribution in [2.24, 2.45) is 0 Å². The van der Waals surface area contributed by atoms with E-state index in [1.807, 2.05) is 35.0 Å². The van der Waals surface area contributed by atoms with Gasteiger partial charge in [-0.25, -0.2) is 0 Å². The SMILES string of the molecule is C=CC(=O)N1CC(n2c(C#N)cc3c(OC)c(-c4c(C)ccc5[nH]ncc45)ccc32)C1. The van der Waals surface area contributed by atoms with Crippen molar-refractivity contribution in [3.05, 3.63) is 60.4 Å². The predicted molar refractivity (Wildman–Crippen MR) is 119 cm³/mol. The lowest BCUT2D eigenvalue weighted by molar-refractivity contribution is -0.131. The summed E-state index contributed by atoms with van der Waals surface area (Å²) in [5, 5.41) is 18.9. The molecule has 0 spiro atoms. The Bertz CT molecular complexity index is 1400. The summed E-state index contributed by atoms with van der Waals surface area (Å²) in [6, 6.07) is 12.4. The summed E-state index contributed by atoms with van der Waals surface area (Å²) in [5.74, 6) is 0.637. The van der Waals surface area contributed by atoms with Gasteiger partial charge in [-0.2, -0.15) is 10.4 Å². The van der Waals surface area contributed by atoms with Crippen LogP contribution in [-0.4, -0.2) is 45.8 Å². The van der Waals surface area contributed by atoms with Crippen LogP contribution in [0.4, 0.5) is 0 Å². The number of fused-ring (bicyclic) bond motifs is 2. The van der Waals surface area contributed by atoms with Crippen molar-refractivity contribution in [2.45, 2.75) is 13.0 Å². The van der Waals surface area contributed by atoms with Crippen molar-refractivity contribution >= 4 is 27.7 Å². The number of H-pyrrole nitrogens is 1. The van der Waals surface area contributed by atoms with E-state index in [-0.39, 0.29) is 11.9 Å². The Balaban J connectivity index is 1.69. The van der Waals surface area contributed by atoms with Crippen LogP contribution in [-0.2, 0) is 4.79 Å². The van der Waals surface area contributed by atoms with E-state index in [9.17, 15) is 10.1 Å². The van der Waals surface area contributed by atoms with Crippen LogP contribution in [0, 0.1) is 18.3 Å². The van der Waals surface area contributed by atoms with Crippen LogP contribution < -0.4 is 4.74 Å². The maximum Gasteiger partial charge on any atom is 0.246 e. The lowest BCUT2D eigenvalue weighted by Crippen LogP contribution is -2.50. The Kier molecular flexibility index (Phi) is 4.29. The minimum absolute atomic E-state index is 0.0469. The van der Waals surface area contributed by atoms with E-state index in [0.717, 1.165) is 44.2 Å². The van der Waals surface area contributed by atoms with Gasteiger partial charge in [-0.05, 0) is 48.4 Å². The van der Waals surface area contributed by atoms with Gasteiger partial charge in [0.25, 0.3) is 0 Å². The van der Waals surface area contributed by atoms with Crippen LogP contribution in [0.5, 0.6) is 5.75 Å². The molecule has 1 N–H and O–H groups in total. The van der Waals surface area contributed by atoms with Crippen molar-refractivity contribution in [1.29, 1.82) is 5.26 Å². The number of methoxy groups -OCH3 is 1. The number of amides is 1. The molecule has 1 amide bonds. The van der Waals surface area contributed by atoms with E-state index in [1.54, 1.807) is 12.0 Å². The molecule has 0 saturated carbocycles. The van der Waals surface area contributed by atoms with Gasteiger partial charge in [-0.15, -0.1) is 0 Å². The van der Waals surface area contributed by atoms with Gasteiger partial charge in [0.05, 0.1) is 30.4 Å². The van der Waals surface area contributed by atoms with Crippen molar-refractivity contribution in [1.82, 2.24) is 19.7 Å². The van der Waals surface area contributed by atoms with Gasteiger partial charge in [0.15, 0.2) is 0 Å². The first-order chi connectivity index (χ1) is 15.1. The molecular formula is C24H21N5O2. The molecule has 0 radical (unpaired) electrons. The second kappa shape index (κ2) is 7.03. The number of nitrogens with zero attached hydrogens (tertiary/aromatic N) is 4. The number of ether oxygens (including phenoxy) is 1. The summed E-state index contributed by atoms with van der Waals surface area (Å²) in [4.78, 5) is 13.6. The number of carbonyl (C=O) groups is 1. The van der Waals surface area contributed by atoms with E-state index in [2.05, 4.69) is 35.8 Å². The fourth-order valence-electron chi connectivity index (χ4n) is 4.58. The second-order valence-corrected chi connectivity index (χ2v) is 7.78. The first kappa shape index (κ1) is 18.9. The fourth-order valence-corrected chi connectivity index (χ4v) is 4.58. The Morgan fingerprint density at radius 3 is 2.84 bits per heavy atom. The molecule has 7 nitrogen and oxygen atoms in total. The highest BCUT2D eigenvalue weighted by Crippen LogP contribution is 2.43. The zero-order chi connectivity index (χ0) is 21.7. The highest BCUT2D eigenvalue weighted by atomic mass is 16.5. The third-order valence-corrected chi connectivity index (χ3v) is 6.11. The minimum atomic E-state index is -0.0882. The van der Waals surface area contributed by atoms with Gasteiger partial charge in [-0.3, -0.25) is 9.89 Å². The summed E-state index contributed by atoms with van der Waals surface area (Å²) in [6.45, 7) is 6.73. The highest BCUT2D eigenvalue weighted by molar-refractivity contribution is 6.03. The molecule has 154 valence electrons. The predicted octanol–water partition coefficient (Wildman–Crippen LogP) is 3.94. The van der Waals surface area contributed by atoms with Crippen molar-refractivity contribution in [3.63, 3.8) is 0 Å². The molecule has 0 bridgehead atoms. The molecule has 1 aliphatic heterocycles. The zero-order valence-electron chi connectivity index (χ0n) is 17.3. The molecule has 3 heterocycles. The minimum Gasteiger partial charge on any atom is -0.495 e. The summed E-state index contributed by atoms with van der Waals surface area (Å²) >= 11 is 0. The Morgan fingerprint density at radius 2 is 2.13 bits per heavy atom. The number of aromatic nitrogens is 3. The molecule has 1 aliphatic rings. The first-order valence-electron chi connectivity index (χ1n) is 10.0. The smallest absolute Gasteiger partial charge is 0.246 e. The van der Waals surface area contributed by atoms with Crippen LogP contribution in [0.25, 0.3) is 32.9 Å². The number of hydrogen-bond acceptors (Lipinski definition) is 4. The van der Waals surface area contributed by atoms with E-state index >= 15 is 0 Å². The number of likely N-dealkylation sites (tertiary alicyclic amines) is 1. The van der Waals surface area contributed by atoms with Gasteiger partial charge < -0.3 is 14.2 Å². The van der Waals surface area contributed by atoms with Crippen molar-refractivity contribution in [2.75, 3.05) is 20.2 Å². The number of hydrogen-bond donors (Lipinski definition) is 1. The first-order valence-corrected chi connectivity index (χ1v) is 10.0. The third kappa shape index (κ3) is 2.72. The van der Waals surface area contributed by atoms with E-state index in [0.29, 0.717) is 18.8 Å². The molecule has 7 heteroatoms. The molecule has 0 unspecified atom stereocenters. The lowest BCUT2D eigenvalue weighted by atomic mass is 9.95. The average Bonchev–Trinajstić information content (AvgIpc) is 3.36. The van der Waals surface area contributed by atoms with Crippen LogP contribution in [0.2, 0.25) is 0 Å². The lowest BCUT2D eigenvalue weighted by Gasteiger charge is -2.40. The standard InChI is InChI=1S/C24H21N5O2/c1-4-22(30)28-12-16(13-28)29-15(10-25)9-18-21(29)8-6-17(24(18)31-3)23-14(2)5-7-20-19(23)11-26-27-20/h4-9,11,16H,1,12-13H2,2-3H3,(H,26,27). The van der Waals surface area contributed by atoms with Crippen molar-refractivity contribution < 1.29 is 9.53 Å². The maximum absolute atomic E-state index is 11.9. The molecule has 4 aromatic rings. The molecule has 1 saturated heterocycles. The molecule has 1 fully saturated rings. The number of carbonyl (C=O) groups excluding carboxylic acids is 1.